The fraction of sp³-hybridized carbons (Fsp3) is 1.00. The van der Waals surface area contributed by atoms with Gasteiger partial charge in [0.15, 0.2) is 0 Å². The molecule has 10 heavy (non-hydrogen) atoms. The fourth-order valence-corrected chi connectivity index (χ4v) is 0.802. The van der Waals surface area contributed by atoms with E-state index in [-0.39, 0.29) is 0 Å². The minimum absolute atomic E-state index is 1.24. The van der Waals surface area contributed by atoms with Crippen molar-refractivity contribution in [2.45, 2.75) is 31.3 Å². The number of halogens is 2. The summed E-state index contributed by atoms with van der Waals surface area (Å²) in [6.07, 6.45) is 0. The topological polar surface area (TPSA) is 34.1 Å². The first-order chi connectivity index (χ1) is 4.19. The Balaban J connectivity index is 4.79. The molecule has 2 nitrogen and oxygen atoms in total. The summed E-state index contributed by atoms with van der Waals surface area (Å²) in [4.78, 5) is 0. The molecular formula is C5H10F2O2S. The molecule has 0 heterocycles. The van der Waals surface area contributed by atoms with Crippen LogP contribution in [0.1, 0.15) is 20.8 Å². The number of alkyl halides is 2. The van der Waals surface area contributed by atoms with Crippen molar-refractivity contribution in [3.05, 3.63) is 0 Å². The minimum atomic E-state index is -4.25. The highest BCUT2D eigenvalue weighted by Gasteiger charge is 2.37. The Kier molecular flexibility index (Phi) is 2.40. The lowest BCUT2D eigenvalue weighted by molar-refractivity contribution is 0.230. The second kappa shape index (κ2) is 2.45. The quantitative estimate of drug-likeness (QED) is 0.599. The molecule has 0 spiro atoms. The zero-order chi connectivity index (χ0) is 8.58. The molecule has 0 saturated heterocycles. The van der Waals surface area contributed by atoms with Crippen molar-refractivity contribution in [3.8, 4) is 0 Å². The summed E-state index contributed by atoms with van der Waals surface area (Å²) in [5.74, 6) is -3.27. The van der Waals surface area contributed by atoms with E-state index in [9.17, 15) is 17.2 Å². The number of rotatable bonds is 1. The van der Waals surface area contributed by atoms with Gasteiger partial charge in [-0.25, -0.2) is 8.42 Å². The Morgan fingerprint density at radius 2 is 1.50 bits per heavy atom. The van der Waals surface area contributed by atoms with Crippen LogP contribution in [0.5, 0.6) is 0 Å². The second-order valence-electron chi connectivity index (χ2n) is 2.92. The van der Waals surface area contributed by atoms with Gasteiger partial charge in [0.1, 0.15) is 0 Å². The van der Waals surface area contributed by atoms with Crippen LogP contribution in [0.3, 0.4) is 0 Å². The molecule has 0 unspecified atom stereocenters. The van der Waals surface area contributed by atoms with E-state index in [0.29, 0.717) is 0 Å². The molecule has 0 radical (unpaired) electrons. The standard InChI is InChI=1S/C5H10F2O2S/c1-5(2,3)10(8,9)4(6)7/h4H,1-3H3. The molecule has 0 bridgehead atoms. The summed E-state index contributed by atoms with van der Waals surface area (Å²) >= 11 is 0. The predicted octanol–water partition coefficient (Wildman–Crippen LogP) is 1.42. The van der Waals surface area contributed by atoms with Gasteiger partial charge >= 0.3 is 5.76 Å². The van der Waals surface area contributed by atoms with E-state index < -0.39 is 20.3 Å². The van der Waals surface area contributed by atoms with Gasteiger partial charge in [0.25, 0.3) is 0 Å². The zero-order valence-corrected chi connectivity index (χ0v) is 6.87. The Morgan fingerprint density at radius 1 is 1.20 bits per heavy atom. The monoisotopic (exact) mass is 172 g/mol. The summed E-state index contributed by atoms with van der Waals surface area (Å²) in [6, 6.07) is 0. The maximum atomic E-state index is 11.7. The van der Waals surface area contributed by atoms with E-state index in [1.807, 2.05) is 0 Å². The molecule has 5 heteroatoms. The van der Waals surface area contributed by atoms with Gasteiger partial charge in [0.2, 0.25) is 9.84 Å². The third-order valence-electron chi connectivity index (χ3n) is 1.09. The third-order valence-corrected chi connectivity index (χ3v) is 3.26. The van der Waals surface area contributed by atoms with Crippen molar-refractivity contribution in [2.75, 3.05) is 0 Å². The van der Waals surface area contributed by atoms with Gasteiger partial charge in [-0.15, -0.1) is 0 Å². The molecule has 0 rings (SSSR count). The largest absolute Gasteiger partial charge is 0.337 e. The Hall–Kier alpha value is -0.190. The van der Waals surface area contributed by atoms with Gasteiger partial charge in [0, 0.05) is 0 Å². The van der Waals surface area contributed by atoms with Crippen LogP contribution in [0, 0.1) is 0 Å². The predicted molar refractivity (Wildman–Crippen MR) is 34.7 cm³/mol. The lowest BCUT2D eigenvalue weighted by Crippen LogP contribution is -2.32. The van der Waals surface area contributed by atoms with Crippen molar-refractivity contribution in [1.29, 1.82) is 0 Å². The van der Waals surface area contributed by atoms with Gasteiger partial charge in [-0.05, 0) is 20.8 Å². The molecule has 0 saturated carbocycles. The molecule has 0 N–H and O–H groups in total. The maximum Gasteiger partial charge on any atom is 0.337 e. The number of hydrogen-bond acceptors (Lipinski definition) is 2. The lowest BCUT2D eigenvalue weighted by Gasteiger charge is -2.17. The maximum absolute atomic E-state index is 11.7. The molecule has 0 aromatic rings. The van der Waals surface area contributed by atoms with Gasteiger partial charge in [0.05, 0.1) is 4.75 Å². The highest BCUT2D eigenvalue weighted by Crippen LogP contribution is 2.21. The van der Waals surface area contributed by atoms with Crippen molar-refractivity contribution in [1.82, 2.24) is 0 Å². The Labute approximate surface area is 59.2 Å². The smallest absolute Gasteiger partial charge is 0.222 e. The van der Waals surface area contributed by atoms with Crippen molar-refractivity contribution >= 4 is 9.84 Å². The molecule has 0 aromatic carbocycles. The molecule has 0 fully saturated rings. The van der Waals surface area contributed by atoms with Crippen LogP contribution in [0.2, 0.25) is 0 Å². The van der Waals surface area contributed by atoms with Crippen LogP contribution in [0.15, 0.2) is 0 Å². The SMILES string of the molecule is CC(C)(C)S(=O)(=O)C(F)F. The molecule has 62 valence electrons. The van der Waals surface area contributed by atoms with E-state index in [2.05, 4.69) is 0 Å². The molecular weight excluding hydrogens is 162 g/mol. The van der Waals surface area contributed by atoms with Gasteiger partial charge < -0.3 is 0 Å². The summed E-state index contributed by atoms with van der Waals surface area (Å²) < 4.78 is 43.3. The fourth-order valence-electron chi connectivity index (χ4n) is 0.267. The van der Waals surface area contributed by atoms with E-state index in [4.69, 9.17) is 0 Å². The van der Waals surface area contributed by atoms with E-state index in [1.54, 1.807) is 0 Å². The number of sulfone groups is 1. The zero-order valence-electron chi connectivity index (χ0n) is 6.06. The summed E-state index contributed by atoms with van der Waals surface area (Å²) in [5, 5.41) is 0. The second-order valence-corrected chi connectivity index (χ2v) is 5.59. The first-order valence-electron chi connectivity index (χ1n) is 2.71. The summed E-state index contributed by atoms with van der Waals surface area (Å²) in [5.41, 5.74) is 0. The van der Waals surface area contributed by atoms with Crippen LogP contribution in [0.25, 0.3) is 0 Å². The van der Waals surface area contributed by atoms with Gasteiger partial charge in [-0.2, -0.15) is 8.78 Å². The van der Waals surface area contributed by atoms with Crippen LogP contribution < -0.4 is 0 Å². The highest BCUT2D eigenvalue weighted by atomic mass is 32.2. The molecule has 0 aliphatic carbocycles. The van der Waals surface area contributed by atoms with E-state index >= 15 is 0 Å². The lowest BCUT2D eigenvalue weighted by atomic mass is 10.3. The first-order valence-corrected chi connectivity index (χ1v) is 4.26. The minimum Gasteiger partial charge on any atom is -0.222 e. The molecule has 0 aliphatic rings. The van der Waals surface area contributed by atoms with E-state index in [1.165, 1.54) is 20.8 Å². The van der Waals surface area contributed by atoms with Crippen molar-refractivity contribution < 1.29 is 17.2 Å². The Bertz CT molecular complexity index is 200. The Morgan fingerprint density at radius 3 is 1.50 bits per heavy atom. The summed E-state index contributed by atoms with van der Waals surface area (Å²) in [7, 11) is -4.25. The average molecular weight is 172 g/mol. The van der Waals surface area contributed by atoms with Crippen LogP contribution in [-0.4, -0.2) is 18.9 Å². The summed E-state index contributed by atoms with van der Waals surface area (Å²) in [6.45, 7) is 3.73. The van der Waals surface area contributed by atoms with Gasteiger partial charge in [-0.3, -0.25) is 0 Å². The molecule has 0 amide bonds. The molecule has 0 atom stereocenters. The normalized spacial score (nSPS) is 14.2. The molecule has 0 aromatic heterocycles. The first kappa shape index (κ1) is 9.81. The number of hydrogen-bond donors (Lipinski definition) is 0. The van der Waals surface area contributed by atoms with Crippen LogP contribution in [-0.2, 0) is 9.84 Å². The third kappa shape index (κ3) is 1.65. The van der Waals surface area contributed by atoms with Crippen LogP contribution in [0.4, 0.5) is 8.78 Å². The van der Waals surface area contributed by atoms with Crippen LogP contribution >= 0.6 is 0 Å². The van der Waals surface area contributed by atoms with Crippen molar-refractivity contribution in [2.24, 2.45) is 0 Å². The van der Waals surface area contributed by atoms with Gasteiger partial charge in [-0.1, -0.05) is 0 Å². The van der Waals surface area contributed by atoms with Crippen molar-refractivity contribution in [3.63, 3.8) is 0 Å². The van der Waals surface area contributed by atoms with E-state index in [0.717, 1.165) is 0 Å². The average Bonchev–Trinajstić information content (AvgIpc) is 1.62. The highest BCUT2D eigenvalue weighted by molar-refractivity contribution is 7.93. The molecule has 0 aliphatic heterocycles.